The SMILES string of the molecule is C[C@@H](c1ccccc1)N(Cc1ccccc1)[C@H]1CCCC[C@@H]1C(=O)OC(C)(C)C. The molecule has 3 nitrogen and oxygen atoms in total. The van der Waals surface area contributed by atoms with Gasteiger partial charge >= 0.3 is 5.97 Å². The smallest absolute Gasteiger partial charge is 0.311 e. The Morgan fingerprint density at radius 3 is 2.21 bits per heavy atom. The first-order chi connectivity index (χ1) is 13.8. The zero-order valence-electron chi connectivity index (χ0n) is 18.3. The Bertz CT molecular complexity index is 766. The molecule has 29 heavy (non-hydrogen) atoms. The summed E-state index contributed by atoms with van der Waals surface area (Å²) in [6.07, 6.45) is 4.20. The average molecular weight is 394 g/mol. The highest BCUT2D eigenvalue weighted by Crippen LogP contribution is 2.36. The predicted octanol–water partition coefficient (Wildman–Crippen LogP) is 6.15. The van der Waals surface area contributed by atoms with Crippen LogP contribution in [0.4, 0.5) is 0 Å². The fourth-order valence-electron chi connectivity index (χ4n) is 4.42. The highest BCUT2D eigenvalue weighted by atomic mass is 16.6. The Kier molecular flexibility index (Phi) is 7.13. The zero-order valence-corrected chi connectivity index (χ0v) is 18.3. The van der Waals surface area contributed by atoms with E-state index in [1.807, 2.05) is 20.8 Å². The number of hydrogen-bond donors (Lipinski definition) is 0. The monoisotopic (exact) mass is 393 g/mol. The van der Waals surface area contributed by atoms with Crippen molar-refractivity contribution in [1.29, 1.82) is 0 Å². The first-order valence-electron chi connectivity index (χ1n) is 10.9. The van der Waals surface area contributed by atoms with Crippen molar-refractivity contribution >= 4 is 5.97 Å². The molecule has 2 aromatic rings. The van der Waals surface area contributed by atoms with Crippen molar-refractivity contribution < 1.29 is 9.53 Å². The van der Waals surface area contributed by atoms with Gasteiger partial charge in [0.25, 0.3) is 0 Å². The summed E-state index contributed by atoms with van der Waals surface area (Å²) < 4.78 is 5.83. The minimum atomic E-state index is -0.450. The summed E-state index contributed by atoms with van der Waals surface area (Å²) in [5.74, 6) is -0.113. The third kappa shape index (κ3) is 5.93. The summed E-state index contributed by atoms with van der Waals surface area (Å²) in [6.45, 7) is 8.96. The maximum atomic E-state index is 13.1. The van der Waals surface area contributed by atoms with E-state index in [4.69, 9.17) is 4.74 Å². The van der Waals surface area contributed by atoms with E-state index in [2.05, 4.69) is 72.5 Å². The number of carbonyl (C=O) groups excluding carboxylic acids is 1. The van der Waals surface area contributed by atoms with E-state index in [9.17, 15) is 4.79 Å². The van der Waals surface area contributed by atoms with Crippen LogP contribution in [0.1, 0.15) is 70.5 Å². The van der Waals surface area contributed by atoms with E-state index >= 15 is 0 Å². The van der Waals surface area contributed by atoms with Gasteiger partial charge in [0.15, 0.2) is 0 Å². The molecule has 3 atom stereocenters. The second-order valence-electron chi connectivity index (χ2n) is 9.24. The Morgan fingerprint density at radius 2 is 1.59 bits per heavy atom. The molecule has 0 aromatic heterocycles. The third-order valence-electron chi connectivity index (χ3n) is 5.85. The zero-order chi connectivity index (χ0) is 20.9. The van der Waals surface area contributed by atoms with Gasteiger partial charge in [0, 0.05) is 18.6 Å². The van der Waals surface area contributed by atoms with Gasteiger partial charge in [-0.2, -0.15) is 0 Å². The van der Waals surface area contributed by atoms with E-state index < -0.39 is 5.60 Å². The summed E-state index contributed by atoms with van der Waals surface area (Å²) in [5.41, 5.74) is 2.12. The quantitative estimate of drug-likeness (QED) is 0.551. The molecular weight excluding hydrogens is 358 g/mol. The first-order valence-corrected chi connectivity index (χ1v) is 10.9. The van der Waals surface area contributed by atoms with Crippen LogP contribution in [-0.4, -0.2) is 22.5 Å². The minimum Gasteiger partial charge on any atom is -0.460 e. The number of carbonyl (C=O) groups is 1. The van der Waals surface area contributed by atoms with E-state index in [1.54, 1.807) is 0 Å². The molecular formula is C26H35NO2. The van der Waals surface area contributed by atoms with Crippen molar-refractivity contribution in [3.63, 3.8) is 0 Å². The van der Waals surface area contributed by atoms with Crippen LogP contribution in [0, 0.1) is 5.92 Å². The largest absolute Gasteiger partial charge is 0.460 e. The molecule has 3 heteroatoms. The molecule has 2 aromatic carbocycles. The first kappa shape index (κ1) is 21.6. The van der Waals surface area contributed by atoms with Gasteiger partial charge in [-0.25, -0.2) is 0 Å². The molecule has 0 unspecified atom stereocenters. The van der Waals surface area contributed by atoms with E-state index in [1.165, 1.54) is 11.1 Å². The molecule has 0 spiro atoms. The van der Waals surface area contributed by atoms with Crippen LogP contribution >= 0.6 is 0 Å². The fraction of sp³-hybridized carbons (Fsp3) is 0.500. The van der Waals surface area contributed by atoms with Crippen molar-refractivity contribution in [3.05, 3.63) is 71.8 Å². The van der Waals surface area contributed by atoms with Crippen LogP contribution in [0.25, 0.3) is 0 Å². The normalized spacial score (nSPS) is 21.0. The fourth-order valence-corrected chi connectivity index (χ4v) is 4.42. The highest BCUT2D eigenvalue weighted by molar-refractivity contribution is 5.74. The van der Waals surface area contributed by atoms with Gasteiger partial charge < -0.3 is 4.74 Å². The van der Waals surface area contributed by atoms with Crippen LogP contribution in [-0.2, 0) is 16.1 Å². The van der Waals surface area contributed by atoms with Crippen molar-refractivity contribution in [2.45, 2.75) is 77.6 Å². The molecule has 0 N–H and O–H groups in total. The molecule has 0 bridgehead atoms. The number of benzene rings is 2. The van der Waals surface area contributed by atoms with E-state index in [0.717, 1.165) is 32.2 Å². The molecule has 1 aliphatic rings. The number of nitrogens with zero attached hydrogens (tertiary/aromatic N) is 1. The topological polar surface area (TPSA) is 29.5 Å². The molecule has 0 aliphatic heterocycles. The molecule has 1 fully saturated rings. The van der Waals surface area contributed by atoms with Crippen molar-refractivity contribution in [1.82, 2.24) is 4.90 Å². The van der Waals surface area contributed by atoms with Gasteiger partial charge in [-0.3, -0.25) is 9.69 Å². The molecule has 0 saturated heterocycles. The van der Waals surface area contributed by atoms with E-state index in [0.29, 0.717) is 0 Å². The predicted molar refractivity (Wildman–Crippen MR) is 118 cm³/mol. The Balaban J connectivity index is 1.90. The van der Waals surface area contributed by atoms with Gasteiger partial charge in [-0.1, -0.05) is 73.5 Å². The number of ether oxygens (including phenoxy) is 1. The molecule has 3 rings (SSSR count). The van der Waals surface area contributed by atoms with Crippen LogP contribution in [0.2, 0.25) is 0 Å². The molecule has 0 heterocycles. The Hall–Kier alpha value is -2.13. The lowest BCUT2D eigenvalue weighted by molar-refractivity contribution is -0.164. The average Bonchev–Trinajstić information content (AvgIpc) is 2.72. The number of esters is 1. The summed E-state index contributed by atoms with van der Waals surface area (Å²) >= 11 is 0. The van der Waals surface area contributed by atoms with Crippen LogP contribution in [0.3, 0.4) is 0 Å². The lowest BCUT2D eigenvalue weighted by Gasteiger charge is -2.43. The van der Waals surface area contributed by atoms with Crippen LogP contribution < -0.4 is 0 Å². The van der Waals surface area contributed by atoms with Crippen LogP contribution in [0.5, 0.6) is 0 Å². The lowest BCUT2D eigenvalue weighted by atomic mass is 9.82. The lowest BCUT2D eigenvalue weighted by Crippen LogP contribution is -2.47. The maximum Gasteiger partial charge on any atom is 0.311 e. The minimum absolute atomic E-state index is 0.0412. The third-order valence-corrected chi connectivity index (χ3v) is 5.85. The summed E-state index contributed by atoms with van der Waals surface area (Å²) in [5, 5.41) is 0. The molecule has 0 radical (unpaired) electrons. The number of hydrogen-bond acceptors (Lipinski definition) is 3. The van der Waals surface area contributed by atoms with Gasteiger partial charge in [-0.15, -0.1) is 0 Å². The van der Waals surface area contributed by atoms with Gasteiger partial charge in [0.1, 0.15) is 5.60 Å². The van der Waals surface area contributed by atoms with Gasteiger partial charge in [-0.05, 0) is 51.7 Å². The maximum absolute atomic E-state index is 13.1. The Morgan fingerprint density at radius 1 is 1.00 bits per heavy atom. The van der Waals surface area contributed by atoms with Crippen LogP contribution in [0.15, 0.2) is 60.7 Å². The summed E-state index contributed by atoms with van der Waals surface area (Å²) in [4.78, 5) is 15.6. The summed E-state index contributed by atoms with van der Waals surface area (Å²) in [7, 11) is 0. The second kappa shape index (κ2) is 9.58. The second-order valence-corrected chi connectivity index (χ2v) is 9.24. The van der Waals surface area contributed by atoms with Gasteiger partial charge in [0.05, 0.1) is 5.92 Å². The van der Waals surface area contributed by atoms with E-state index in [-0.39, 0.29) is 24.0 Å². The molecule has 0 amide bonds. The highest BCUT2D eigenvalue weighted by Gasteiger charge is 2.39. The standard InChI is InChI=1S/C26H35NO2/c1-20(22-15-9-6-10-16-22)27(19-21-13-7-5-8-14-21)24-18-12-11-17-23(24)25(28)29-26(2,3)4/h5-10,13-16,20,23-24H,11-12,17-19H2,1-4H3/t20-,23-,24-/m0/s1. The number of rotatable bonds is 6. The van der Waals surface area contributed by atoms with Crippen molar-refractivity contribution in [3.8, 4) is 0 Å². The van der Waals surface area contributed by atoms with Gasteiger partial charge in [0.2, 0.25) is 0 Å². The van der Waals surface area contributed by atoms with Crippen molar-refractivity contribution in [2.75, 3.05) is 0 Å². The Labute approximate surface area is 176 Å². The summed E-state index contributed by atoms with van der Waals surface area (Å²) in [6, 6.07) is 21.6. The molecule has 1 aliphatic carbocycles. The molecule has 156 valence electrons. The van der Waals surface area contributed by atoms with Crippen molar-refractivity contribution in [2.24, 2.45) is 5.92 Å². The molecule has 1 saturated carbocycles.